The molecule has 0 aliphatic heterocycles. The number of hydrogen-bond acceptors (Lipinski definition) is 4. The van der Waals surface area contributed by atoms with Gasteiger partial charge in [-0.25, -0.2) is 4.98 Å². The van der Waals surface area contributed by atoms with Gasteiger partial charge in [0.1, 0.15) is 0 Å². The number of thiazole rings is 1. The van der Waals surface area contributed by atoms with Crippen LogP contribution < -0.4 is 10.6 Å². The van der Waals surface area contributed by atoms with Gasteiger partial charge in [-0.3, -0.25) is 9.98 Å². The fourth-order valence-electron chi connectivity index (χ4n) is 2.20. The van der Waals surface area contributed by atoms with Crippen LogP contribution in [-0.4, -0.2) is 36.1 Å². The van der Waals surface area contributed by atoms with Crippen molar-refractivity contribution in [1.29, 1.82) is 0 Å². The normalized spacial score (nSPS) is 11.0. The van der Waals surface area contributed by atoms with E-state index in [2.05, 4.69) is 31.0 Å². The van der Waals surface area contributed by atoms with Crippen LogP contribution in [0.4, 0.5) is 0 Å². The first-order valence-corrected chi connectivity index (χ1v) is 8.91. The minimum absolute atomic E-state index is 0. The Kier molecular flexibility index (Phi) is 10.6. The Morgan fingerprint density at radius 3 is 2.67 bits per heavy atom. The summed E-state index contributed by atoms with van der Waals surface area (Å²) < 4.78 is 0. The molecule has 0 bridgehead atoms. The van der Waals surface area contributed by atoms with E-state index >= 15 is 0 Å². The van der Waals surface area contributed by atoms with Crippen LogP contribution in [0.15, 0.2) is 34.8 Å². The van der Waals surface area contributed by atoms with Gasteiger partial charge >= 0.3 is 0 Å². The standard InChI is InChI=1S/C17H25N5S.HI/c1-14-13-23-16(22-14)8-4-6-11-20-17(18-2)21-12-9-15-7-3-5-10-19-15;/h3,5,7,10,13H,4,6,8-9,11-12H2,1-2H3,(H2,18,20,21);1H. The van der Waals surface area contributed by atoms with Crippen LogP contribution in [0.2, 0.25) is 0 Å². The summed E-state index contributed by atoms with van der Waals surface area (Å²) in [6, 6.07) is 5.99. The van der Waals surface area contributed by atoms with Crippen LogP contribution in [0.25, 0.3) is 0 Å². The zero-order valence-corrected chi connectivity index (χ0v) is 17.4. The Morgan fingerprint density at radius 1 is 1.17 bits per heavy atom. The summed E-state index contributed by atoms with van der Waals surface area (Å²) in [7, 11) is 1.80. The van der Waals surface area contributed by atoms with E-state index in [0.717, 1.165) is 56.1 Å². The molecule has 0 fully saturated rings. The fraction of sp³-hybridized carbons (Fsp3) is 0.471. The highest BCUT2D eigenvalue weighted by molar-refractivity contribution is 14.0. The molecule has 2 heterocycles. The van der Waals surface area contributed by atoms with Crippen molar-refractivity contribution in [2.75, 3.05) is 20.1 Å². The van der Waals surface area contributed by atoms with E-state index in [4.69, 9.17) is 0 Å². The Labute approximate surface area is 165 Å². The van der Waals surface area contributed by atoms with Gasteiger partial charge in [-0.15, -0.1) is 35.3 Å². The molecule has 5 nitrogen and oxygen atoms in total. The molecule has 0 aliphatic carbocycles. The van der Waals surface area contributed by atoms with Crippen LogP contribution in [0, 0.1) is 6.92 Å². The number of aliphatic imine (C=N–C) groups is 1. The van der Waals surface area contributed by atoms with Gasteiger partial charge in [-0.05, 0) is 38.3 Å². The molecule has 0 saturated carbocycles. The number of halogens is 1. The Balaban J connectivity index is 0.00000288. The minimum atomic E-state index is 0. The van der Waals surface area contributed by atoms with Crippen molar-refractivity contribution in [3.63, 3.8) is 0 Å². The number of aryl methyl sites for hydroxylation is 2. The lowest BCUT2D eigenvalue weighted by atomic mass is 10.2. The highest BCUT2D eigenvalue weighted by Gasteiger charge is 2.00. The number of unbranched alkanes of at least 4 members (excludes halogenated alkanes) is 1. The van der Waals surface area contributed by atoms with E-state index in [1.807, 2.05) is 31.3 Å². The second-order valence-corrected chi connectivity index (χ2v) is 6.28. The van der Waals surface area contributed by atoms with E-state index in [1.165, 1.54) is 5.01 Å². The predicted octanol–water partition coefficient (Wildman–Crippen LogP) is 3.19. The largest absolute Gasteiger partial charge is 0.356 e. The SMILES string of the molecule is CN=C(NCCCCc1nc(C)cs1)NCCc1ccccn1.I. The van der Waals surface area contributed by atoms with Gasteiger partial charge in [-0.2, -0.15) is 0 Å². The van der Waals surface area contributed by atoms with Crippen molar-refractivity contribution in [2.45, 2.75) is 32.6 Å². The number of pyridine rings is 1. The zero-order valence-electron chi connectivity index (χ0n) is 14.3. The Morgan fingerprint density at radius 2 is 2.00 bits per heavy atom. The monoisotopic (exact) mass is 459 g/mol. The first kappa shape index (κ1) is 20.8. The predicted molar refractivity (Wildman–Crippen MR) is 113 cm³/mol. The van der Waals surface area contributed by atoms with Gasteiger partial charge in [0, 0.05) is 49.5 Å². The molecule has 2 aromatic heterocycles. The van der Waals surface area contributed by atoms with Crippen molar-refractivity contribution in [3.05, 3.63) is 46.2 Å². The third kappa shape index (κ3) is 8.05. The molecule has 24 heavy (non-hydrogen) atoms. The lowest BCUT2D eigenvalue weighted by Crippen LogP contribution is -2.38. The average molecular weight is 459 g/mol. The number of nitrogens with zero attached hydrogens (tertiary/aromatic N) is 3. The first-order valence-electron chi connectivity index (χ1n) is 8.03. The van der Waals surface area contributed by atoms with Gasteiger partial charge in [0.2, 0.25) is 0 Å². The molecule has 0 unspecified atom stereocenters. The summed E-state index contributed by atoms with van der Waals surface area (Å²) in [6.45, 7) is 3.80. The minimum Gasteiger partial charge on any atom is -0.356 e. The number of hydrogen-bond donors (Lipinski definition) is 2. The molecule has 0 saturated heterocycles. The summed E-state index contributed by atoms with van der Waals surface area (Å²) in [5, 5.41) is 10.0. The third-order valence-corrected chi connectivity index (χ3v) is 4.43. The zero-order chi connectivity index (χ0) is 16.3. The molecule has 0 atom stereocenters. The molecule has 0 radical (unpaired) electrons. The van der Waals surface area contributed by atoms with Crippen LogP contribution in [0.5, 0.6) is 0 Å². The molecule has 0 aliphatic rings. The smallest absolute Gasteiger partial charge is 0.190 e. The van der Waals surface area contributed by atoms with E-state index in [0.29, 0.717) is 0 Å². The third-order valence-electron chi connectivity index (χ3n) is 3.40. The lowest BCUT2D eigenvalue weighted by molar-refractivity contribution is 0.690. The fourth-order valence-corrected chi connectivity index (χ4v) is 3.02. The number of rotatable bonds is 8. The molecule has 0 amide bonds. The van der Waals surface area contributed by atoms with Crippen molar-refractivity contribution >= 4 is 41.3 Å². The quantitative estimate of drug-likeness (QED) is 0.276. The van der Waals surface area contributed by atoms with Crippen LogP contribution in [0.3, 0.4) is 0 Å². The maximum absolute atomic E-state index is 4.49. The molecule has 2 aromatic rings. The summed E-state index contributed by atoms with van der Waals surface area (Å²) in [6.07, 6.45) is 6.04. The summed E-state index contributed by atoms with van der Waals surface area (Å²) in [5.74, 6) is 0.853. The highest BCUT2D eigenvalue weighted by atomic mass is 127. The molecule has 2 N–H and O–H groups in total. The summed E-state index contributed by atoms with van der Waals surface area (Å²) >= 11 is 1.75. The number of aromatic nitrogens is 2. The van der Waals surface area contributed by atoms with E-state index in [9.17, 15) is 0 Å². The summed E-state index contributed by atoms with van der Waals surface area (Å²) in [5.41, 5.74) is 2.22. The molecule has 132 valence electrons. The van der Waals surface area contributed by atoms with Gasteiger partial charge in [0.05, 0.1) is 5.01 Å². The lowest BCUT2D eigenvalue weighted by Gasteiger charge is -2.11. The van der Waals surface area contributed by atoms with Crippen molar-refractivity contribution in [1.82, 2.24) is 20.6 Å². The molecule has 0 spiro atoms. The Bertz CT molecular complexity index is 600. The van der Waals surface area contributed by atoms with Crippen LogP contribution in [-0.2, 0) is 12.8 Å². The first-order chi connectivity index (χ1) is 11.3. The van der Waals surface area contributed by atoms with Gasteiger partial charge in [0.15, 0.2) is 5.96 Å². The average Bonchev–Trinajstić information content (AvgIpc) is 2.99. The van der Waals surface area contributed by atoms with Crippen molar-refractivity contribution < 1.29 is 0 Å². The van der Waals surface area contributed by atoms with Gasteiger partial charge in [0.25, 0.3) is 0 Å². The molecule has 2 rings (SSSR count). The summed E-state index contributed by atoms with van der Waals surface area (Å²) in [4.78, 5) is 13.0. The second kappa shape index (κ2) is 12.2. The van der Waals surface area contributed by atoms with E-state index in [1.54, 1.807) is 18.4 Å². The van der Waals surface area contributed by atoms with Gasteiger partial charge in [-0.1, -0.05) is 6.07 Å². The van der Waals surface area contributed by atoms with Gasteiger partial charge < -0.3 is 10.6 Å². The topological polar surface area (TPSA) is 62.2 Å². The van der Waals surface area contributed by atoms with Crippen molar-refractivity contribution in [2.24, 2.45) is 4.99 Å². The molecule has 7 heteroatoms. The molecular formula is C17H26IN5S. The van der Waals surface area contributed by atoms with Crippen LogP contribution >= 0.6 is 35.3 Å². The molecular weight excluding hydrogens is 433 g/mol. The highest BCUT2D eigenvalue weighted by Crippen LogP contribution is 2.11. The number of guanidine groups is 1. The van der Waals surface area contributed by atoms with E-state index < -0.39 is 0 Å². The van der Waals surface area contributed by atoms with Crippen molar-refractivity contribution in [3.8, 4) is 0 Å². The second-order valence-electron chi connectivity index (χ2n) is 5.34. The maximum Gasteiger partial charge on any atom is 0.190 e. The Hall–Kier alpha value is -1.22. The maximum atomic E-state index is 4.49. The van der Waals surface area contributed by atoms with E-state index in [-0.39, 0.29) is 24.0 Å². The molecule has 0 aromatic carbocycles. The number of nitrogens with one attached hydrogen (secondary N) is 2. The van der Waals surface area contributed by atoms with Crippen LogP contribution in [0.1, 0.15) is 29.2 Å².